The van der Waals surface area contributed by atoms with Gasteiger partial charge in [0.15, 0.2) is 0 Å². The van der Waals surface area contributed by atoms with Crippen LogP contribution in [0.5, 0.6) is 0 Å². The Morgan fingerprint density at radius 2 is 1.08 bits per heavy atom. The molecule has 3 heteroatoms. The van der Waals surface area contributed by atoms with Crippen LogP contribution in [-0.2, 0) is 12.8 Å². The van der Waals surface area contributed by atoms with Gasteiger partial charge in [0.25, 0.3) is 0 Å². The summed E-state index contributed by atoms with van der Waals surface area (Å²) in [6, 6.07) is 21.0. The van der Waals surface area contributed by atoms with Gasteiger partial charge >= 0.3 is 6.03 Å². The van der Waals surface area contributed by atoms with E-state index in [-0.39, 0.29) is 17.1 Å². The number of benzene rings is 2. The zero-order valence-electron chi connectivity index (χ0n) is 15.3. The molecule has 0 saturated heterocycles. The lowest BCUT2D eigenvalue weighted by molar-refractivity contribution is 0.147. The molecule has 2 aromatic rings. The predicted octanol–water partition coefficient (Wildman–Crippen LogP) is 4.62. The first kappa shape index (κ1) is 17.1. The van der Waals surface area contributed by atoms with E-state index in [2.05, 4.69) is 59.2 Å². The summed E-state index contributed by atoms with van der Waals surface area (Å²) in [5.41, 5.74) is 2.47. The maximum Gasteiger partial charge on any atom is 0.315 e. The molecule has 0 spiro atoms. The summed E-state index contributed by atoms with van der Waals surface area (Å²) in [7, 11) is 0. The maximum absolute atomic E-state index is 12.8. The molecule has 0 aliphatic heterocycles. The third-order valence-corrected chi connectivity index (χ3v) is 6.15. The lowest BCUT2D eigenvalue weighted by atomic mass is 9.72. The SMILES string of the molecule is O=C(NC1(Cc2ccccc2)CCC1)NC1(Cc2ccccc2)CCC1. The van der Waals surface area contributed by atoms with E-state index in [0.29, 0.717) is 0 Å². The van der Waals surface area contributed by atoms with Gasteiger partial charge in [-0.2, -0.15) is 0 Å². The molecule has 0 unspecified atom stereocenters. The predicted molar refractivity (Wildman–Crippen MR) is 105 cm³/mol. The molecule has 2 N–H and O–H groups in total. The number of carbonyl (C=O) groups excluding carboxylic acids is 1. The van der Waals surface area contributed by atoms with Crippen molar-refractivity contribution in [2.45, 2.75) is 62.4 Å². The highest BCUT2D eigenvalue weighted by Crippen LogP contribution is 2.37. The number of urea groups is 1. The fourth-order valence-electron chi connectivity index (χ4n) is 4.39. The van der Waals surface area contributed by atoms with Crippen molar-refractivity contribution in [3.8, 4) is 0 Å². The second-order valence-electron chi connectivity index (χ2n) is 8.17. The van der Waals surface area contributed by atoms with Crippen LogP contribution in [-0.4, -0.2) is 17.1 Å². The number of amides is 2. The molecular formula is C23H28N2O. The van der Waals surface area contributed by atoms with E-state index in [9.17, 15) is 4.79 Å². The highest BCUT2D eigenvalue weighted by Gasteiger charge is 2.42. The topological polar surface area (TPSA) is 41.1 Å². The largest absolute Gasteiger partial charge is 0.332 e. The van der Waals surface area contributed by atoms with Crippen LogP contribution in [0, 0.1) is 0 Å². The van der Waals surface area contributed by atoms with Crippen LogP contribution in [0.4, 0.5) is 4.79 Å². The summed E-state index contributed by atoms with van der Waals surface area (Å²) >= 11 is 0. The monoisotopic (exact) mass is 348 g/mol. The third kappa shape index (κ3) is 3.77. The summed E-state index contributed by atoms with van der Waals surface area (Å²) in [5.74, 6) is 0. The summed E-state index contributed by atoms with van der Waals surface area (Å²) in [6.45, 7) is 0. The smallest absolute Gasteiger partial charge is 0.315 e. The Morgan fingerprint density at radius 1 is 0.692 bits per heavy atom. The fraction of sp³-hybridized carbons (Fsp3) is 0.435. The Balaban J connectivity index is 1.39. The van der Waals surface area contributed by atoms with Crippen molar-refractivity contribution in [1.82, 2.24) is 10.6 Å². The van der Waals surface area contributed by atoms with Gasteiger partial charge < -0.3 is 10.6 Å². The summed E-state index contributed by atoms with van der Waals surface area (Å²) in [5, 5.41) is 6.68. The third-order valence-electron chi connectivity index (χ3n) is 6.15. The molecule has 4 rings (SSSR count). The van der Waals surface area contributed by atoms with Gasteiger partial charge in [-0.3, -0.25) is 0 Å². The van der Waals surface area contributed by atoms with Crippen molar-refractivity contribution >= 4 is 6.03 Å². The Kier molecular flexibility index (Phi) is 4.71. The highest BCUT2D eigenvalue weighted by molar-refractivity contribution is 5.76. The van der Waals surface area contributed by atoms with Gasteiger partial charge in [-0.25, -0.2) is 4.79 Å². The van der Waals surface area contributed by atoms with E-state index in [1.807, 2.05) is 12.1 Å². The van der Waals surface area contributed by atoms with E-state index in [1.54, 1.807) is 0 Å². The summed E-state index contributed by atoms with van der Waals surface area (Å²) < 4.78 is 0. The standard InChI is InChI=1S/C23H28N2O/c26-21(24-22(13-7-14-22)17-19-9-3-1-4-10-19)25-23(15-8-16-23)18-20-11-5-2-6-12-20/h1-6,9-12H,7-8,13-18H2,(H2,24,25,26). The van der Waals surface area contributed by atoms with Crippen molar-refractivity contribution < 1.29 is 4.79 Å². The minimum Gasteiger partial charge on any atom is -0.332 e. The number of hydrogen-bond donors (Lipinski definition) is 2. The van der Waals surface area contributed by atoms with Crippen LogP contribution in [0.15, 0.2) is 60.7 Å². The molecule has 0 radical (unpaired) electrons. The minimum atomic E-state index is -0.0663. The molecule has 0 aromatic heterocycles. The van der Waals surface area contributed by atoms with Gasteiger partial charge in [0.05, 0.1) is 0 Å². The van der Waals surface area contributed by atoms with Crippen LogP contribution in [0.1, 0.15) is 49.7 Å². The number of carbonyl (C=O) groups is 1. The van der Waals surface area contributed by atoms with Crippen LogP contribution < -0.4 is 10.6 Å². The first-order valence-corrected chi connectivity index (χ1v) is 9.85. The van der Waals surface area contributed by atoms with Gasteiger partial charge in [-0.1, -0.05) is 60.7 Å². The molecule has 2 amide bonds. The lowest BCUT2D eigenvalue weighted by Crippen LogP contribution is -2.63. The average molecular weight is 348 g/mol. The van der Waals surface area contributed by atoms with E-state index < -0.39 is 0 Å². The van der Waals surface area contributed by atoms with Crippen molar-refractivity contribution in [3.05, 3.63) is 71.8 Å². The van der Waals surface area contributed by atoms with Crippen molar-refractivity contribution in [1.29, 1.82) is 0 Å². The average Bonchev–Trinajstić information content (AvgIpc) is 2.59. The van der Waals surface area contributed by atoms with Gasteiger partial charge in [0.1, 0.15) is 0 Å². The second-order valence-corrected chi connectivity index (χ2v) is 8.17. The molecule has 0 atom stereocenters. The Morgan fingerprint density at radius 3 is 1.38 bits per heavy atom. The Hall–Kier alpha value is -2.29. The second kappa shape index (κ2) is 7.14. The number of nitrogens with one attached hydrogen (secondary N) is 2. The normalized spacial score (nSPS) is 19.7. The molecule has 26 heavy (non-hydrogen) atoms. The number of hydrogen-bond acceptors (Lipinski definition) is 1. The van der Waals surface area contributed by atoms with Crippen LogP contribution in [0.25, 0.3) is 0 Å². The minimum absolute atomic E-state index is 0.0104. The fourth-order valence-corrected chi connectivity index (χ4v) is 4.39. The molecule has 136 valence electrons. The van der Waals surface area contributed by atoms with Gasteiger partial charge in [0.2, 0.25) is 0 Å². The first-order valence-electron chi connectivity index (χ1n) is 9.85. The summed E-state index contributed by atoms with van der Waals surface area (Å²) in [6.07, 6.45) is 8.52. The van der Waals surface area contributed by atoms with E-state index in [0.717, 1.165) is 38.5 Å². The molecular weight excluding hydrogens is 320 g/mol. The Bertz CT molecular complexity index is 670. The zero-order chi connectivity index (χ0) is 17.9. The van der Waals surface area contributed by atoms with E-state index >= 15 is 0 Å². The van der Waals surface area contributed by atoms with Gasteiger partial charge in [-0.05, 0) is 62.5 Å². The molecule has 0 heterocycles. The Labute approximate surface area is 156 Å². The van der Waals surface area contributed by atoms with Crippen molar-refractivity contribution in [2.24, 2.45) is 0 Å². The molecule has 2 aliphatic carbocycles. The van der Waals surface area contributed by atoms with E-state index in [1.165, 1.54) is 24.0 Å². The van der Waals surface area contributed by atoms with Gasteiger partial charge in [-0.15, -0.1) is 0 Å². The molecule has 2 fully saturated rings. The van der Waals surface area contributed by atoms with Crippen LogP contribution in [0.3, 0.4) is 0 Å². The maximum atomic E-state index is 12.8. The molecule has 3 nitrogen and oxygen atoms in total. The zero-order valence-corrected chi connectivity index (χ0v) is 15.3. The molecule has 2 aliphatic rings. The van der Waals surface area contributed by atoms with Gasteiger partial charge in [0, 0.05) is 11.1 Å². The first-order chi connectivity index (χ1) is 12.7. The molecule has 0 bridgehead atoms. The molecule has 2 aromatic carbocycles. The lowest BCUT2D eigenvalue weighted by Gasteiger charge is -2.46. The van der Waals surface area contributed by atoms with E-state index in [4.69, 9.17) is 0 Å². The highest BCUT2D eigenvalue weighted by atomic mass is 16.2. The van der Waals surface area contributed by atoms with Crippen LogP contribution >= 0.6 is 0 Å². The van der Waals surface area contributed by atoms with Crippen molar-refractivity contribution in [2.75, 3.05) is 0 Å². The van der Waals surface area contributed by atoms with Crippen LogP contribution in [0.2, 0.25) is 0 Å². The quantitative estimate of drug-likeness (QED) is 0.786. The van der Waals surface area contributed by atoms with Crippen molar-refractivity contribution in [3.63, 3.8) is 0 Å². The summed E-state index contributed by atoms with van der Waals surface area (Å²) in [4.78, 5) is 12.8. The number of rotatable bonds is 6. The molecule has 2 saturated carbocycles.